The van der Waals surface area contributed by atoms with Gasteiger partial charge in [0.05, 0.1) is 12.0 Å². The van der Waals surface area contributed by atoms with Gasteiger partial charge in [0, 0.05) is 32.4 Å². The third-order valence-electron chi connectivity index (χ3n) is 6.10. The van der Waals surface area contributed by atoms with Crippen molar-refractivity contribution in [2.45, 2.75) is 42.8 Å². The number of alkyl halides is 1. The highest BCUT2D eigenvalue weighted by molar-refractivity contribution is 9.09. The molecule has 0 spiro atoms. The number of nitrogens with one attached hydrogen (secondary N) is 1. The van der Waals surface area contributed by atoms with Gasteiger partial charge in [0.1, 0.15) is 5.72 Å². The third kappa shape index (κ3) is 6.76. The summed E-state index contributed by atoms with van der Waals surface area (Å²) in [5.41, 5.74) is 1.32. The molecule has 0 aliphatic heterocycles. The summed E-state index contributed by atoms with van der Waals surface area (Å²) in [6.45, 7) is 4.12. The maximum atomic E-state index is 12.5. The summed E-state index contributed by atoms with van der Waals surface area (Å²) in [4.78, 5) is -0.192. The molecule has 0 bridgehead atoms. The Bertz CT molecular complexity index is 989. The summed E-state index contributed by atoms with van der Waals surface area (Å²) >= 11 is 22.0. The van der Waals surface area contributed by atoms with Crippen LogP contribution in [0.25, 0.3) is 0 Å². The Labute approximate surface area is 225 Å². The molecule has 3 aromatic carbocycles. The minimum atomic E-state index is -1.51. The predicted molar refractivity (Wildman–Crippen MR) is 146 cm³/mol. The monoisotopic (exact) mass is 583 g/mol. The van der Waals surface area contributed by atoms with Crippen molar-refractivity contribution in [1.29, 1.82) is 0 Å². The van der Waals surface area contributed by atoms with Crippen molar-refractivity contribution < 1.29 is 10.2 Å². The van der Waals surface area contributed by atoms with Gasteiger partial charge >= 0.3 is 0 Å². The summed E-state index contributed by atoms with van der Waals surface area (Å²) in [7, 11) is 0. The van der Waals surface area contributed by atoms with Gasteiger partial charge in [-0.25, -0.2) is 0 Å². The van der Waals surface area contributed by atoms with Crippen LogP contribution in [-0.2, 0) is 6.42 Å². The lowest BCUT2D eigenvalue weighted by Gasteiger charge is -2.46. The first-order chi connectivity index (χ1) is 16.1. The molecule has 3 N–H and O–H groups in total. The van der Waals surface area contributed by atoms with E-state index in [1.807, 2.05) is 79.7 Å². The van der Waals surface area contributed by atoms with Gasteiger partial charge < -0.3 is 10.2 Å². The van der Waals surface area contributed by atoms with Crippen LogP contribution in [-0.4, -0.2) is 33.4 Å². The van der Waals surface area contributed by atoms with E-state index >= 15 is 0 Å². The van der Waals surface area contributed by atoms with Crippen molar-refractivity contribution in [3.63, 3.8) is 0 Å². The van der Waals surface area contributed by atoms with Crippen molar-refractivity contribution in [1.82, 2.24) is 5.32 Å². The molecule has 0 fully saturated rings. The Hall–Kier alpha value is -1.11. The first-order valence-electron chi connectivity index (χ1n) is 11.2. The first kappa shape index (κ1) is 27.5. The van der Waals surface area contributed by atoms with E-state index in [-0.39, 0.29) is 4.83 Å². The molecule has 0 heterocycles. The molecule has 7 heteroatoms. The standard InChI is InChI=1S/C27H29BrCl3NO2/c1-17(28)25(18(2)33)27(34,32-16-15-19-3-9-22(29)10-4-19)26(20-5-11-23(30)12-6-20)21-7-13-24(31)14-8-21/h3-14,17-18,25-26,32-34H,15-16H2,1-2H3. The number of rotatable bonds is 10. The molecule has 0 amide bonds. The van der Waals surface area contributed by atoms with E-state index < -0.39 is 23.7 Å². The molecule has 0 saturated carbocycles. The SMILES string of the molecule is CC(O)C(C(C)Br)C(O)(NCCc1ccc(Cl)cc1)C(c1ccc(Cl)cc1)c1ccc(Cl)cc1. The van der Waals surface area contributed by atoms with Crippen LogP contribution in [0.4, 0.5) is 0 Å². The molecule has 0 radical (unpaired) electrons. The van der Waals surface area contributed by atoms with Crippen molar-refractivity contribution in [2.75, 3.05) is 6.54 Å². The van der Waals surface area contributed by atoms with Gasteiger partial charge in [0.25, 0.3) is 0 Å². The van der Waals surface area contributed by atoms with Gasteiger partial charge in [0.15, 0.2) is 0 Å². The van der Waals surface area contributed by atoms with E-state index in [2.05, 4.69) is 21.2 Å². The van der Waals surface area contributed by atoms with Crippen LogP contribution in [0.5, 0.6) is 0 Å². The molecule has 3 aromatic rings. The second-order valence-corrected chi connectivity index (χ2v) is 11.4. The van der Waals surface area contributed by atoms with E-state index in [1.165, 1.54) is 0 Å². The number of hydrogen-bond donors (Lipinski definition) is 3. The Morgan fingerprint density at radius 2 is 1.21 bits per heavy atom. The van der Waals surface area contributed by atoms with E-state index in [0.29, 0.717) is 28.0 Å². The topological polar surface area (TPSA) is 52.5 Å². The van der Waals surface area contributed by atoms with Crippen molar-refractivity contribution >= 4 is 50.7 Å². The molecule has 0 aliphatic carbocycles. The summed E-state index contributed by atoms with van der Waals surface area (Å²) in [5.74, 6) is -1.05. The Balaban J connectivity index is 2.07. The molecular weight excluding hydrogens is 557 g/mol. The Morgan fingerprint density at radius 1 is 0.794 bits per heavy atom. The Kier molecular flexibility index (Phi) is 9.88. The zero-order valence-electron chi connectivity index (χ0n) is 19.1. The van der Waals surface area contributed by atoms with Gasteiger partial charge in [-0.05, 0) is 66.4 Å². The second kappa shape index (κ2) is 12.2. The average Bonchev–Trinajstić information content (AvgIpc) is 2.77. The van der Waals surface area contributed by atoms with Crippen LogP contribution >= 0.6 is 50.7 Å². The zero-order valence-corrected chi connectivity index (χ0v) is 22.9. The highest BCUT2D eigenvalue weighted by Gasteiger charge is 2.48. The zero-order chi connectivity index (χ0) is 24.9. The fraction of sp³-hybridized carbons (Fsp3) is 0.333. The smallest absolute Gasteiger partial charge is 0.133 e. The molecule has 182 valence electrons. The molecule has 0 saturated heterocycles. The fourth-order valence-electron chi connectivity index (χ4n) is 4.58. The molecule has 3 rings (SSSR count). The average molecular weight is 586 g/mol. The highest BCUT2D eigenvalue weighted by Crippen LogP contribution is 2.42. The lowest BCUT2D eigenvalue weighted by atomic mass is 9.73. The third-order valence-corrected chi connectivity index (χ3v) is 7.43. The van der Waals surface area contributed by atoms with Crippen LogP contribution in [0.15, 0.2) is 72.8 Å². The molecular formula is C27H29BrCl3NO2. The molecule has 4 atom stereocenters. The van der Waals surface area contributed by atoms with Gasteiger partial charge in [0.2, 0.25) is 0 Å². The maximum absolute atomic E-state index is 12.5. The van der Waals surface area contributed by atoms with E-state index in [0.717, 1.165) is 16.7 Å². The highest BCUT2D eigenvalue weighted by atomic mass is 79.9. The lowest BCUT2D eigenvalue weighted by Crippen LogP contribution is -2.61. The summed E-state index contributed by atoms with van der Waals surface area (Å²) < 4.78 is 0. The van der Waals surface area contributed by atoms with Gasteiger partial charge in [-0.2, -0.15) is 0 Å². The van der Waals surface area contributed by atoms with Crippen molar-refractivity contribution in [2.24, 2.45) is 5.92 Å². The summed E-state index contributed by atoms with van der Waals surface area (Å²) in [5, 5.41) is 28.6. The second-order valence-electron chi connectivity index (χ2n) is 8.61. The molecule has 0 aromatic heterocycles. The summed E-state index contributed by atoms with van der Waals surface area (Å²) in [6.07, 6.45) is -0.124. The van der Waals surface area contributed by atoms with Crippen molar-refractivity contribution in [3.05, 3.63) is 105 Å². The Morgan fingerprint density at radius 3 is 1.59 bits per heavy atom. The quantitative estimate of drug-likeness (QED) is 0.176. The maximum Gasteiger partial charge on any atom is 0.133 e. The van der Waals surface area contributed by atoms with E-state index in [1.54, 1.807) is 6.92 Å². The van der Waals surface area contributed by atoms with Gasteiger partial charge in [-0.1, -0.05) is 94.1 Å². The minimum Gasteiger partial charge on any atom is -0.393 e. The predicted octanol–water partition coefficient (Wildman–Crippen LogP) is 7.08. The van der Waals surface area contributed by atoms with Crippen LogP contribution in [0.1, 0.15) is 36.5 Å². The molecule has 0 aliphatic rings. The number of hydrogen-bond acceptors (Lipinski definition) is 3. The van der Waals surface area contributed by atoms with Crippen LogP contribution in [0.2, 0.25) is 15.1 Å². The number of halogens is 4. The van der Waals surface area contributed by atoms with Crippen LogP contribution in [0, 0.1) is 5.92 Å². The van der Waals surface area contributed by atoms with Crippen molar-refractivity contribution in [3.8, 4) is 0 Å². The fourth-order valence-corrected chi connectivity index (χ4v) is 5.81. The summed E-state index contributed by atoms with van der Waals surface area (Å²) in [6, 6.07) is 22.5. The first-order valence-corrected chi connectivity index (χ1v) is 13.2. The number of aliphatic hydroxyl groups excluding tert-OH is 1. The molecule has 34 heavy (non-hydrogen) atoms. The minimum absolute atomic E-state index is 0.192. The number of aliphatic hydroxyl groups is 2. The van der Waals surface area contributed by atoms with Gasteiger partial charge in [-0.3, -0.25) is 5.32 Å². The van der Waals surface area contributed by atoms with Gasteiger partial charge in [-0.15, -0.1) is 0 Å². The molecule has 4 unspecified atom stereocenters. The van der Waals surface area contributed by atoms with Crippen LogP contribution < -0.4 is 5.32 Å². The van der Waals surface area contributed by atoms with E-state index in [4.69, 9.17) is 34.8 Å². The molecule has 3 nitrogen and oxygen atoms in total. The number of benzene rings is 3. The van der Waals surface area contributed by atoms with E-state index in [9.17, 15) is 10.2 Å². The van der Waals surface area contributed by atoms with Crippen LogP contribution in [0.3, 0.4) is 0 Å². The normalized spacial score (nSPS) is 16.1. The largest absolute Gasteiger partial charge is 0.393 e. The lowest BCUT2D eigenvalue weighted by molar-refractivity contribution is -0.0995.